The number of para-hydroxylation sites is 1. The zero-order valence-corrected chi connectivity index (χ0v) is 19.0. The molecule has 0 unspecified atom stereocenters. The second-order valence-corrected chi connectivity index (χ2v) is 9.47. The van der Waals surface area contributed by atoms with Crippen molar-refractivity contribution in [3.05, 3.63) is 68.7 Å². The smallest absolute Gasteiger partial charge is 0.414 e. The third-order valence-electron chi connectivity index (χ3n) is 4.49. The van der Waals surface area contributed by atoms with E-state index < -0.39 is 26.9 Å². The lowest BCUT2D eigenvalue weighted by atomic mass is 10.2. The summed E-state index contributed by atoms with van der Waals surface area (Å²) in [5.74, 6) is -3.65. The molecule has 13 heteroatoms. The molecule has 1 saturated heterocycles. The third kappa shape index (κ3) is 6.82. The van der Waals surface area contributed by atoms with E-state index in [0.717, 1.165) is 16.6 Å². The fourth-order valence-electron chi connectivity index (χ4n) is 2.99. The Balaban J connectivity index is 0.000000534. The Labute approximate surface area is 192 Å². The molecule has 1 aliphatic rings. The van der Waals surface area contributed by atoms with Crippen LogP contribution >= 0.6 is 15.9 Å². The van der Waals surface area contributed by atoms with E-state index in [1.807, 2.05) is 24.3 Å². The van der Waals surface area contributed by atoms with Crippen LogP contribution < -0.4 is 0 Å². The summed E-state index contributed by atoms with van der Waals surface area (Å²) in [7, 11) is -3.88. The van der Waals surface area contributed by atoms with Crippen molar-refractivity contribution < 1.29 is 33.1 Å². The van der Waals surface area contributed by atoms with E-state index in [4.69, 9.17) is 19.8 Å². The maximum atomic E-state index is 12.8. The Bertz CT molecular complexity index is 1090. The topological polar surface area (TPSA) is 158 Å². The van der Waals surface area contributed by atoms with E-state index in [1.165, 1.54) is 28.6 Å². The van der Waals surface area contributed by atoms with Gasteiger partial charge in [-0.1, -0.05) is 40.2 Å². The molecular weight excluding hydrogens is 510 g/mol. The molecule has 1 aliphatic heterocycles. The van der Waals surface area contributed by atoms with Crippen LogP contribution in [0.15, 0.2) is 57.9 Å². The Kier molecular flexibility index (Phi) is 8.83. The fourth-order valence-corrected chi connectivity index (χ4v) is 5.01. The van der Waals surface area contributed by atoms with Crippen LogP contribution in [-0.4, -0.2) is 70.9 Å². The number of nitro groups is 1. The molecule has 1 heterocycles. The number of sulfonamides is 1. The average molecular weight is 530 g/mol. The van der Waals surface area contributed by atoms with Gasteiger partial charge in [-0.25, -0.2) is 18.0 Å². The first-order valence-electron chi connectivity index (χ1n) is 9.19. The van der Waals surface area contributed by atoms with Gasteiger partial charge in [0.15, 0.2) is 4.90 Å². The highest BCUT2D eigenvalue weighted by Gasteiger charge is 2.33. The van der Waals surface area contributed by atoms with Gasteiger partial charge in [-0.2, -0.15) is 4.31 Å². The van der Waals surface area contributed by atoms with E-state index in [1.54, 1.807) is 0 Å². The van der Waals surface area contributed by atoms with Crippen molar-refractivity contribution >= 4 is 43.6 Å². The molecule has 0 amide bonds. The van der Waals surface area contributed by atoms with Gasteiger partial charge in [0.1, 0.15) is 0 Å². The Morgan fingerprint density at radius 3 is 2.12 bits per heavy atom. The first-order chi connectivity index (χ1) is 15.0. The number of nitrogens with zero attached hydrogens (tertiary/aromatic N) is 3. The lowest BCUT2D eigenvalue weighted by molar-refractivity contribution is -0.387. The summed E-state index contributed by atoms with van der Waals surface area (Å²) in [6, 6.07) is 13.5. The molecule has 1 fully saturated rings. The molecule has 2 aromatic rings. The minimum atomic E-state index is -3.88. The molecular formula is C19H20BrN3O8S. The average Bonchev–Trinajstić information content (AvgIpc) is 2.74. The second-order valence-electron chi connectivity index (χ2n) is 6.65. The number of piperazine rings is 1. The standard InChI is InChI=1S/C17H18BrN3O4S.C2H2O4/c18-15-5-3-4-14(12-15)13-19-8-10-20(11-9-19)26(24,25)17-7-2-1-6-16(17)21(22)23;3-1(4)2(5)6/h1-7,12H,8-11,13H2;(H,3,4)(H,5,6). The number of hydrogen-bond acceptors (Lipinski definition) is 7. The van der Waals surface area contributed by atoms with Crippen LogP contribution in [-0.2, 0) is 26.2 Å². The molecule has 32 heavy (non-hydrogen) atoms. The van der Waals surface area contributed by atoms with Crippen molar-refractivity contribution in [1.29, 1.82) is 0 Å². The third-order valence-corrected chi connectivity index (χ3v) is 6.93. The number of aliphatic carboxylic acids is 2. The Morgan fingerprint density at radius 2 is 1.59 bits per heavy atom. The van der Waals surface area contributed by atoms with Crippen LogP contribution in [0.2, 0.25) is 0 Å². The van der Waals surface area contributed by atoms with Crippen LogP contribution in [0.1, 0.15) is 5.56 Å². The number of benzene rings is 2. The largest absolute Gasteiger partial charge is 0.473 e. The number of halogens is 1. The molecule has 172 valence electrons. The molecule has 2 aromatic carbocycles. The number of nitro benzene ring substituents is 1. The van der Waals surface area contributed by atoms with Gasteiger partial charge in [-0.15, -0.1) is 0 Å². The number of hydrogen-bond donors (Lipinski definition) is 2. The van der Waals surface area contributed by atoms with Crippen molar-refractivity contribution in [2.75, 3.05) is 26.2 Å². The van der Waals surface area contributed by atoms with Gasteiger partial charge in [-0.3, -0.25) is 15.0 Å². The van der Waals surface area contributed by atoms with E-state index in [-0.39, 0.29) is 10.6 Å². The van der Waals surface area contributed by atoms with E-state index in [0.29, 0.717) is 26.2 Å². The van der Waals surface area contributed by atoms with Gasteiger partial charge in [-0.05, 0) is 23.8 Å². The van der Waals surface area contributed by atoms with Crippen molar-refractivity contribution in [2.24, 2.45) is 0 Å². The van der Waals surface area contributed by atoms with Crippen LogP contribution in [0.3, 0.4) is 0 Å². The van der Waals surface area contributed by atoms with E-state index in [9.17, 15) is 18.5 Å². The highest BCUT2D eigenvalue weighted by Crippen LogP contribution is 2.27. The Morgan fingerprint density at radius 1 is 1.00 bits per heavy atom. The molecule has 0 aromatic heterocycles. The van der Waals surface area contributed by atoms with Crippen molar-refractivity contribution in [3.8, 4) is 0 Å². The lowest BCUT2D eigenvalue weighted by Gasteiger charge is -2.33. The summed E-state index contributed by atoms with van der Waals surface area (Å²) in [6.45, 7) is 2.50. The molecule has 0 atom stereocenters. The zero-order valence-electron chi connectivity index (χ0n) is 16.6. The molecule has 0 spiro atoms. The second kappa shape index (κ2) is 11.1. The highest BCUT2D eigenvalue weighted by molar-refractivity contribution is 9.10. The Hall–Kier alpha value is -2.87. The monoisotopic (exact) mass is 529 g/mol. The SMILES string of the molecule is O=C(O)C(=O)O.O=[N+]([O-])c1ccccc1S(=O)(=O)N1CCN(Cc2cccc(Br)c2)CC1. The summed E-state index contributed by atoms with van der Waals surface area (Å²) < 4.78 is 28.0. The minimum Gasteiger partial charge on any atom is -0.473 e. The molecule has 3 rings (SSSR count). The number of carboxylic acids is 2. The minimum absolute atomic E-state index is 0.245. The van der Waals surface area contributed by atoms with Crippen molar-refractivity contribution in [3.63, 3.8) is 0 Å². The van der Waals surface area contributed by atoms with E-state index in [2.05, 4.69) is 20.8 Å². The number of rotatable bonds is 5. The van der Waals surface area contributed by atoms with Gasteiger partial charge >= 0.3 is 11.9 Å². The van der Waals surface area contributed by atoms with Gasteiger partial charge in [0.2, 0.25) is 10.0 Å². The van der Waals surface area contributed by atoms with Gasteiger partial charge < -0.3 is 10.2 Å². The molecule has 11 nitrogen and oxygen atoms in total. The fraction of sp³-hybridized carbons (Fsp3) is 0.263. The van der Waals surface area contributed by atoms with Gasteiger partial charge in [0.25, 0.3) is 5.69 Å². The van der Waals surface area contributed by atoms with Crippen LogP contribution in [0.4, 0.5) is 5.69 Å². The predicted molar refractivity (Wildman–Crippen MR) is 117 cm³/mol. The molecule has 2 N–H and O–H groups in total. The highest BCUT2D eigenvalue weighted by atomic mass is 79.9. The first-order valence-corrected chi connectivity index (χ1v) is 11.4. The first kappa shape index (κ1) is 25.4. The van der Waals surface area contributed by atoms with Gasteiger partial charge in [0, 0.05) is 43.3 Å². The summed E-state index contributed by atoms with van der Waals surface area (Å²) in [6.07, 6.45) is 0. The predicted octanol–water partition coefficient (Wildman–Crippen LogP) is 2.02. The van der Waals surface area contributed by atoms with E-state index >= 15 is 0 Å². The molecule has 0 radical (unpaired) electrons. The quantitative estimate of drug-likeness (QED) is 0.335. The lowest BCUT2D eigenvalue weighted by Crippen LogP contribution is -2.48. The zero-order chi connectivity index (χ0) is 23.9. The number of carbonyl (C=O) groups is 2. The molecule has 0 aliphatic carbocycles. The maximum absolute atomic E-state index is 12.8. The summed E-state index contributed by atoms with van der Waals surface area (Å²) in [5.41, 5.74) is 0.762. The summed E-state index contributed by atoms with van der Waals surface area (Å²) in [5, 5.41) is 25.9. The van der Waals surface area contributed by atoms with Gasteiger partial charge in [0.05, 0.1) is 4.92 Å². The molecule has 0 bridgehead atoms. The van der Waals surface area contributed by atoms with Crippen LogP contribution in [0, 0.1) is 10.1 Å². The summed E-state index contributed by atoms with van der Waals surface area (Å²) >= 11 is 3.45. The van der Waals surface area contributed by atoms with Crippen LogP contribution in [0.25, 0.3) is 0 Å². The summed E-state index contributed by atoms with van der Waals surface area (Å²) in [4.78, 5) is 30.6. The maximum Gasteiger partial charge on any atom is 0.414 e. The number of carboxylic acid groups (broad SMARTS) is 2. The van der Waals surface area contributed by atoms with Crippen molar-refractivity contribution in [1.82, 2.24) is 9.21 Å². The normalized spacial score (nSPS) is 14.8. The molecule has 0 saturated carbocycles. The van der Waals surface area contributed by atoms with Crippen molar-refractivity contribution in [2.45, 2.75) is 11.4 Å². The van der Waals surface area contributed by atoms with Crippen LogP contribution in [0.5, 0.6) is 0 Å².